The molecule has 0 radical (unpaired) electrons. The molecule has 0 saturated heterocycles. The lowest BCUT2D eigenvalue weighted by Gasteiger charge is -2.37. The van der Waals surface area contributed by atoms with Crippen molar-refractivity contribution in [1.82, 2.24) is 4.90 Å². The number of ether oxygens (including phenoxy) is 1. The smallest absolute Gasteiger partial charge is 0.322 e. The lowest BCUT2D eigenvalue weighted by atomic mass is 9.81. The van der Waals surface area contributed by atoms with Crippen LogP contribution in [0.1, 0.15) is 42.7 Å². The first kappa shape index (κ1) is 22.8. The van der Waals surface area contributed by atoms with Gasteiger partial charge in [0.15, 0.2) is 0 Å². The molecule has 4 nitrogen and oxygen atoms in total. The van der Waals surface area contributed by atoms with Gasteiger partial charge in [-0.3, -0.25) is 0 Å². The summed E-state index contributed by atoms with van der Waals surface area (Å²) in [5, 5.41) is 2.64. The van der Waals surface area contributed by atoms with Crippen molar-refractivity contribution in [3.8, 4) is 5.75 Å². The van der Waals surface area contributed by atoms with Crippen molar-refractivity contribution in [3.05, 3.63) is 95.6 Å². The Morgan fingerprint density at radius 3 is 2.30 bits per heavy atom. The number of carbonyl (C=O) groups excluding carboxylic acids is 1. The molecule has 4 rings (SSSR count). The summed E-state index contributed by atoms with van der Waals surface area (Å²) in [6.45, 7) is 0.388. The van der Waals surface area contributed by atoms with Crippen LogP contribution in [0.5, 0.6) is 5.75 Å². The molecule has 0 aliphatic heterocycles. The van der Waals surface area contributed by atoms with E-state index in [0.29, 0.717) is 12.5 Å². The molecule has 3 aromatic rings. The molecule has 3 aromatic carbocycles. The molecule has 172 valence electrons. The van der Waals surface area contributed by atoms with Crippen LogP contribution in [0.15, 0.2) is 72.8 Å². The van der Waals surface area contributed by atoms with Gasteiger partial charge in [0.2, 0.25) is 0 Å². The number of anilines is 1. The van der Waals surface area contributed by atoms with Gasteiger partial charge in [-0.15, -0.1) is 0 Å². The summed E-state index contributed by atoms with van der Waals surface area (Å²) < 4.78 is 32.7. The second-order valence-electron chi connectivity index (χ2n) is 8.45. The highest BCUT2D eigenvalue weighted by atomic mass is 19.1. The second-order valence-corrected chi connectivity index (χ2v) is 8.45. The first-order valence-corrected chi connectivity index (χ1v) is 11.2. The maximum absolute atomic E-state index is 14.2. The van der Waals surface area contributed by atoms with Gasteiger partial charge in [0.1, 0.15) is 17.4 Å². The number of urea groups is 1. The average molecular weight is 451 g/mol. The van der Waals surface area contributed by atoms with Crippen molar-refractivity contribution >= 4 is 11.7 Å². The number of benzene rings is 3. The minimum absolute atomic E-state index is 0.0237. The predicted octanol–water partition coefficient (Wildman–Crippen LogP) is 6.73. The van der Waals surface area contributed by atoms with Gasteiger partial charge < -0.3 is 15.0 Å². The summed E-state index contributed by atoms with van der Waals surface area (Å²) in [6, 6.07) is 20.8. The van der Waals surface area contributed by atoms with Gasteiger partial charge in [-0.1, -0.05) is 42.5 Å². The van der Waals surface area contributed by atoms with Crippen LogP contribution >= 0.6 is 0 Å². The van der Waals surface area contributed by atoms with Crippen molar-refractivity contribution < 1.29 is 18.3 Å². The highest BCUT2D eigenvalue weighted by Gasteiger charge is 2.30. The monoisotopic (exact) mass is 450 g/mol. The van der Waals surface area contributed by atoms with E-state index in [0.717, 1.165) is 49.1 Å². The van der Waals surface area contributed by atoms with Crippen LogP contribution < -0.4 is 10.1 Å². The number of nitrogens with zero attached hydrogens (tertiary/aromatic N) is 1. The predicted molar refractivity (Wildman–Crippen MR) is 125 cm³/mol. The Morgan fingerprint density at radius 1 is 0.970 bits per heavy atom. The van der Waals surface area contributed by atoms with E-state index in [9.17, 15) is 13.6 Å². The summed E-state index contributed by atoms with van der Waals surface area (Å²) in [7, 11) is 1.61. The molecule has 1 saturated carbocycles. The Morgan fingerprint density at radius 2 is 1.67 bits per heavy atom. The van der Waals surface area contributed by atoms with E-state index in [1.807, 2.05) is 30.3 Å². The zero-order chi connectivity index (χ0) is 23.2. The fourth-order valence-electron chi connectivity index (χ4n) is 4.52. The van der Waals surface area contributed by atoms with Crippen LogP contribution in [-0.4, -0.2) is 24.1 Å². The molecule has 1 fully saturated rings. The zero-order valence-corrected chi connectivity index (χ0v) is 18.6. The van der Waals surface area contributed by atoms with Gasteiger partial charge in [-0.2, -0.15) is 0 Å². The fraction of sp³-hybridized carbons (Fsp3) is 0.296. The van der Waals surface area contributed by atoms with Crippen LogP contribution in [0, 0.1) is 11.6 Å². The van der Waals surface area contributed by atoms with Crippen molar-refractivity contribution in [1.29, 1.82) is 0 Å². The number of hydrogen-bond acceptors (Lipinski definition) is 2. The zero-order valence-electron chi connectivity index (χ0n) is 18.6. The molecule has 0 bridgehead atoms. The maximum Gasteiger partial charge on any atom is 0.322 e. The Balaban J connectivity index is 1.51. The number of carbonyl (C=O) groups is 1. The van der Waals surface area contributed by atoms with E-state index < -0.39 is 11.6 Å². The summed E-state index contributed by atoms with van der Waals surface area (Å²) in [4.78, 5) is 15.0. The lowest BCUT2D eigenvalue weighted by Crippen LogP contribution is -2.44. The van der Waals surface area contributed by atoms with Crippen molar-refractivity contribution in [2.24, 2.45) is 0 Å². The van der Waals surface area contributed by atoms with Gasteiger partial charge in [-0.05, 0) is 67.0 Å². The summed E-state index contributed by atoms with van der Waals surface area (Å²) in [6.07, 6.45) is 3.67. The molecule has 0 heterocycles. The number of halogens is 2. The topological polar surface area (TPSA) is 41.6 Å². The largest absolute Gasteiger partial charge is 0.497 e. The summed E-state index contributed by atoms with van der Waals surface area (Å²) >= 11 is 0. The van der Waals surface area contributed by atoms with Crippen LogP contribution in [0.3, 0.4) is 0 Å². The van der Waals surface area contributed by atoms with Crippen molar-refractivity contribution in [3.63, 3.8) is 0 Å². The molecule has 1 aliphatic carbocycles. The van der Waals surface area contributed by atoms with Gasteiger partial charge in [0.25, 0.3) is 0 Å². The Kier molecular flexibility index (Phi) is 7.23. The first-order valence-electron chi connectivity index (χ1n) is 11.2. The molecule has 33 heavy (non-hydrogen) atoms. The van der Waals surface area contributed by atoms with Crippen molar-refractivity contribution in [2.75, 3.05) is 12.4 Å². The Labute approximate surface area is 193 Å². The fourth-order valence-corrected chi connectivity index (χ4v) is 4.52. The quantitative estimate of drug-likeness (QED) is 0.452. The number of rotatable bonds is 6. The van der Waals surface area contributed by atoms with Crippen molar-refractivity contribution in [2.45, 2.75) is 44.2 Å². The van der Waals surface area contributed by atoms with Gasteiger partial charge in [-0.25, -0.2) is 13.6 Å². The minimum Gasteiger partial charge on any atom is -0.497 e. The van der Waals surface area contributed by atoms with E-state index >= 15 is 0 Å². The van der Waals surface area contributed by atoms with E-state index in [4.69, 9.17) is 4.74 Å². The molecule has 6 heteroatoms. The molecule has 0 aromatic heterocycles. The Bertz CT molecular complexity index is 1070. The SMILES string of the molecule is COc1ccc(CN(C(=O)Nc2ccc(F)cc2F)[C@H]2CC[C@H](c3ccccc3)CC2)cc1. The summed E-state index contributed by atoms with van der Waals surface area (Å²) in [5.41, 5.74) is 2.25. The Hall–Kier alpha value is -3.41. The van der Waals surface area contributed by atoms with E-state index in [1.165, 1.54) is 11.6 Å². The minimum atomic E-state index is -0.791. The molecule has 2 amide bonds. The average Bonchev–Trinajstić information content (AvgIpc) is 2.85. The van der Waals surface area contributed by atoms with Gasteiger partial charge in [0.05, 0.1) is 12.8 Å². The molecule has 0 atom stereocenters. The third-order valence-corrected chi connectivity index (χ3v) is 6.35. The maximum atomic E-state index is 14.2. The number of methoxy groups -OCH3 is 1. The first-order chi connectivity index (χ1) is 16.0. The second kappa shape index (κ2) is 10.5. The molecule has 0 unspecified atom stereocenters. The number of nitrogens with one attached hydrogen (secondary N) is 1. The molecular formula is C27H28F2N2O2. The molecule has 0 spiro atoms. The van der Waals surface area contributed by atoms with E-state index in [2.05, 4.69) is 29.6 Å². The standard InChI is InChI=1S/C27H28F2N2O2/c1-33-24-14-7-19(8-15-24)18-31(27(32)30-26-16-11-22(28)17-25(26)29)23-12-9-21(10-13-23)20-5-3-2-4-6-20/h2-8,11,14-17,21,23H,9-10,12-13,18H2,1H3,(H,30,32)/t21-,23-. The highest BCUT2D eigenvalue weighted by Crippen LogP contribution is 2.35. The number of hydrogen-bond donors (Lipinski definition) is 1. The third kappa shape index (κ3) is 5.69. The molecule has 1 aliphatic rings. The molecule has 1 N–H and O–H groups in total. The van der Waals surface area contributed by atoms with Crippen LogP contribution in [-0.2, 0) is 6.54 Å². The highest BCUT2D eigenvalue weighted by molar-refractivity contribution is 5.89. The van der Waals surface area contributed by atoms with Gasteiger partial charge >= 0.3 is 6.03 Å². The van der Waals surface area contributed by atoms with Crippen LogP contribution in [0.25, 0.3) is 0 Å². The summed E-state index contributed by atoms with van der Waals surface area (Å²) in [5.74, 6) is -0.255. The normalized spacial score (nSPS) is 17.9. The van der Waals surface area contributed by atoms with E-state index in [1.54, 1.807) is 12.0 Å². The molecular weight excluding hydrogens is 422 g/mol. The van der Waals surface area contributed by atoms with Crippen LogP contribution in [0.2, 0.25) is 0 Å². The van der Waals surface area contributed by atoms with Crippen LogP contribution in [0.4, 0.5) is 19.3 Å². The number of amides is 2. The lowest BCUT2D eigenvalue weighted by molar-refractivity contribution is 0.158. The third-order valence-electron chi connectivity index (χ3n) is 6.35. The van der Waals surface area contributed by atoms with Gasteiger partial charge in [0, 0.05) is 18.7 Å². The van der Waals surface area contributed by atoms with E-state index in [-0.39, 0.29) is 17.8 Å².